The van der Waals surface area contributed by atoms with Crippen LogP contribution in [-0.4, -0.2) is 92.3 Å². The van der Waals surface area contributed by atoms with Gasteiger partial charge < -0.3 is 19.7 Å². The molecular weight excluding hydrogens is 524 g/mol. The van der Waals surface area contributed by atoms with E-state index in [0.717, 1.165) is 31.7 Å². The van der Waals surface area contributed by atoms with Gasteiger partial charge >= 0.3 is 0 Å². The number of aromatic nitrogens is 5. The molecule has 2 aliphatic rings. The first-order valence-electron chi connectivity index (χ1n) is 13.6. The quantitative estimate of drug-likeness (QED) is 0.254. The molecule has 0 spiro atoms. The molecule has 5 heterocycles. The number of pyridine rings is 1. The molecule has 0 radical (unpaired) electrons. The smallest absolute Gasteiger partial charge is 0.251 e. The molecule has 2 aliphatic heterocycles. The summed E-state index contributed by atoms with van der Waals surface area (Å²) in [7, 11) is 2.12. The minimum Gasteiger partial charge on any atom is -0.419 e. The summed E-state index contributed by atoms with van der Waals surface area (Å²) < 4.78 is 5.94. The third-order valence-corrected chi connectivity index (χ3v) is 7.38. The van der Waals surface area contributed by atoms with Crippen LogP contribution in [-0.2, 0) is 6.54 Å². The number of nitrogens with zero attached hydrogens (tertiary/aromatic N) is 8. The number of piperazine rings is 1. The van der Waals surface area contributed by atoms with Gasteiger partial charge in [-0.3, -0.25) is 19.7 Å². The van der Waals surface area contributed by atoms with E-state index in [1.165, 1.54) is 0 Å². The fourth-order valence-electron chi connectivity index (χ4n) is 5.04. The van der Waals surface area contributed by atoms with Crippen molar-refractivity contribution in [1.29, 1.82) is 0 Å². The Bertz CT molecular complexity index is 1460. The molecular formula is C28H32N10O3. The van der Waals surface area contributed by atoms with Crippen molar-refractivity contribution in [3.8, 4) is 11.5 Å². The van der Waals surface area contributed by atoms with Crippen molar-refractivity contribution >= 4 is 11.9 Å². The first-order valence-corrected chi connectivity index (χ1v) is 13.6. The molecule has 1 aromatic carbocycles. The Morgan fingerprint density at radius 3 is 2.61 bits per heavy atom. The van der Waals surface area contributed by atoms with E-state index in [4.69, 9.17) is 4.42 Å². The highest BCUT2D eigenvalue weighted by Gasteiger charge is 2.33. The highest BCUT2D eigenvalue weighted by Crippen LogP contribution is 2.30. The molecule has 2 atom stereocenters. The second kappa shape index (κ2) is 12.1. The Morgan fingerprint density at radius 2 is 1.85 bits per heavy atom. The molecule has 13 heteroatoms. The Kier molecular flexibility index (Phi) is 7.91. The number of aliphatic hydroxyl groups is 1. The van der Waals surface area contributed by atoms with E-state index in [1.54, 1.807) is 29.7 Å². The van der Waals surface area contributed by atoms with E-state index in [2.05, 4.69) is 52.7 Å². The second-order valence-corrected chi connectivity index (χ2v) is 10.2. The second-order valence-electron chi connectivity index (χ2n) is 10.2. The maximum atomic E-state index is 12.6. The number of hydrogen-bond donors (Lipinski definition) is 3. The van der Waals surface area contributed by atoms with Crippen molar-refractivity contribution in [2.75, 3.05) is 51.4 Å². The number of likely N-dealkylation sites (N-methyl/N-ethyl adjacent to an activating group) is 1. The van der Waals surface area contributed by atoms with Gasteiger partial charge in [-0.25, -0.2) is 15.4 Å². The van der Waals surface area contributed by atoms with Gasteiger partial charge in [-0.05, 0) is 30.8 Å². The minimum atomic E-state index is -0.544. The summed E-state index contributed by atoms with van der Waals surface area (Å²) in [5.74, 6) is 1.10. The van der Waals surface area contributed by atoms with Crippen LogP contribution in [0.3, 0.4) is 0 Å². The molecule has 0 aliphatic carbocycles. The van der Waals surface area contributed by atoms with E-state index in [0.29, 0.717) is 47.6 Å². The van der Waals surface area contributed by atoms with Crippen LogP contribution in [0, 0.1) is 0 Å². The van der Waals surface area contributed by atoms with Gasteiger partial charge in [0.1, 0.15) is 0 Å². The zero-order chi connectivity index (χ0) is 28.2. The molecule has 1 amide bonds. The highest BCUT2D eigenvalue weighted by atomic mass is 16.4. The number of aliphatic hydroxyl groups excluding tert-OH is 1. The predicted octanol–water partition coefficient (Wildman–Crippen LogP) is 1.20. The minimum absolute atomic E-state index is 0.139. The number of nitrogens with one attached hydrogen (secondary N) is 2. The number of rotatable bonds is 9. The van der Waals surface area contributed by atoms with E-state index >= 15 is 0 Å². The fourth-order valence-corrected chi connectivity index (χ4v) is 5.04. The standard InChI is InChI=1S/C28H32N10O3/c1-36-10-12-37(13-11-36)17-25-33-34-27(41-25)19-14-31-28(32-15-19)38(35-23(18-39)22-8-4-5-9-29-22)24-16-30-26(40)21-7-3-2-6-20(21)24/h2-9,14-15,23-24,35,39H,10-13,16-18H2,1H3,(H,30,40). The van der Waals surface area contributed by atoms with Crippen molar-refractivity contribution in [3.05, 3.63) is 83.8 Å². The largest absolute Gasteiger partial charge is 0.419 e. The van der Waals surface area contributed by atoms with Crippen LogP contribution in [0.1, 0.15) is 39.6 Å². The molecule has 3 aromatic heterocycles. The van der Waals surface area contributed by atoms with Crippen LogP contribution in [0.4, 0.5) is 5.95 Å². The number of benzene rings is 1. The van der Waals surface area contributed by atoms with Crippen molar-refractivity contribution in [1.82, 2.24) is 45.7 Å². The number of fused-ring (bicyclic) bond motifs is 1. The molecule has 0 bridgehead atoms. The molecule has 3 N–H and O–H groups in total. The summed E-state index contributed by atoms with van der Waals surface area (Å²) >= 11 is 0. The summed E-state index contributed by atoms with van der Waals surface area (Å²) in [5, 5.41) is 23.4. The third kappa shape index (κ3) is 5.93. The normalized spacial score (nSPS) is 18.5. The Labute approximate surface area is 237 Å². The highest BCUT2D eigenvalue weighted by molar-refractivity contribution is 5.97. The summed E-state index contributed by atoms with van der Waals surface area (Å²) in [4.78, 5) is 30.8. The third-order valence-electron chi connectivity index (χ3n) is 7.38. The Morgan fingerprint density at radius 1 is 1.07 bits per heavy atom. The van der Waals surface area contributed by atoms with Crippen LogP contribution in [0.2, 0.25) is 0 Å². The van der Waals surface area contributed by atoms with Gasteiger partial charge in [-0.1, -0.05) is 24.3 Å². The van der Waals surface area contributed by atoms with E-state index in [1.807, 2.05) is 36.4 Å². The Balaban J connectivity index is 1.27. The van der Waals surface area contributed by atoms with Gasteiger partial charge in [0.25, 0.3) is 11.8 Å². The molecule has 4 aromatic rings. The van der Waals surface area contributed by atoms with Gasteiger partial charge in [0.05, 0.1) is 36.5 Å². The van der Waals surface area contributed by atoms with Crippen molar-refractivity contribution < 1.29 is 14.3 Å². The number of carbonyl (C=O) groups is 1. The predicted molar refractivity (Wildman–Crippen MR) is 149 cm³/mol. The van der Waals surface area contributed by atoms with Gasteiger partial charge in [0, 0.05) is 56.9 Å². The molecule has 0 saturated carbocycles. The van der Waals surface area contributed by atoms with E-state index in [9.17, 15) is 9.90 Å². The lowest BCUT2D eigenvalue weighted by Gasteiger charge is -2.37. The van der Waals surface area contributed by atoms with Crippen molar-refractivity contribution in [2.45, 2.75) is 18.6 Å². The molecule has 6 rings (SSSR count). The number of amides is 1. The van der Waals surface area contributed by atoms with Crippen molar-refractivity contribution in [2.24, 2.45) is 0 Å². The summed E-state index contributed by atoms with van der Waals surface area (Å²) in [6.07, 6.45) is 4.94. The molecule has 1 saturated heterocycles. The van der Waals surface area contributed by atoms with E-state index < -0.39 is 6.04 Å². The maximum Gasteiger partial charge on any atom is 0.251 e. The Hall–Kier alpha value is -4.30. The lowest BCUT2D eigenvalue weighted by Crippen LogP contribution is -2.51. The number of hydrogen-bond acceptors (Lipinski definition) is 12. The van der Waals surface area contributed by atoms with Gasteiger partial charge in [0.15, 0.2) is 0 Å². The zero-order valence-corrected chi connectivity index (χ0v) is 22.7. The SMILES string of the molecule is CN1CCN(Cc2nnc(-c3cnc(N(NC(CO)c4ccccn4)C4CNC(=O)c5ccccc54)nc3)o2)CC1. The molecule has 212 valence electrons. The average molecular weight is 557 g/mol. The monoisotopic (exact) mass is 556 g/mol. The first kappa shape index (κ1) is 26.9. The number of carbonyl (C=O) groups excluding carboxylic acids is 1. The van der Waals surface area contributed by atoms with Crippen LogP contribution in [0.5, 0.6) is 0 Å². The lowest BCUT2D eigenvalue weighted by molar-refractivity contribution is 0.0937. The van der Waals surface area contributed by atoms with Crippen LogP contribution < -0.4 is 15.8 Å². The molecule has 41 heavy (non-hydrogen) atoms. The zero-order valence-electron chi connectivity index (χ0n) is 22.7. The molecule has 2 unspecified atom stereocenters. The van der Waals surface area contributed by atoms with E-state index in [-0.39, 0.29) is 18.6 Å². The summed E-state index contributed by atoms with van der Waals surface area (Å²) in [6.45, 7) is 4.61. The molecule has 13 nitrogen and oxygen atoms in total. The van der Waals surface area contributed by atoms with Crippen molar-refractivity contribution in [3.63, 3.8) is 0 Å². The molecule has 1 fully saturated rings. The number of hydrazine groups is 1. The van der Waals surface area contributed by atoms with Crippen LogP contribution in [0.25, 0.3) is 11.5 Å². The summed E-state index contributed by atoms with van der Waals surface area (Å²) in [6, 6.07) is 12.0. The average Bonchev–Trinajstić information content (AvgIpc) is 3.49. The van der Waals surface area contributed by atoms with Crippen LogP contribution >= 0.6 is 0 Å². The van der Waals surface area contributed by atoms with Crippen LogP contribution in [0.15, 0.2) is 65.5 Å². The van der Waals surface area contributed by atoms with Gasteiger partial charge in [-0.2, -0.15) is 0 Å². The topological polar surface area (TPSA) is 149 Å². The lowest BCUT2D eigenvalue weighted by atomic mass is 9.96. The maximum absolute atomic E-state index is 12.6. The fraction of sp³-hybridized carbons (Fsp3) is 0.357. The van der Waals surface area contributed by atoms with Gasteiger partial charge in [-0.15, -0.1) is 10.2 Å². The van der Waals surface area contributed by atoms with Gasteiger partial charge in [0.2, 0.25) is 11.8 Å². The summed E-state index contributed by atoms with van der Waals surface area (Å²) in [5.41, 5.74) is 6.00. The number of anilines is 1. The first-order chi connectivity index (χ1) is 20.1.